The molecule has 3 rings (SSSR count). The maximum Gasteiger partial charge on any atom is 0.220 e. The first-order chi connectivity index (χ1) is 12.6. The molecule has 0 bridgehead atoms. The topological polar surface area (TPSA) is 80.7 Å². The van der Waals surface area contributed by atoms with Gasteiger partial charge in [-0.2, -0.15) is 0 Å². The third kappa shape index (κ3) is 4.87. The molecule has 6 nitrogen and oxygen atoms in total. The third-order valence-electron chi connectivity index (χ3n) is 4.91. The maximum absolute atomic E-state index is 12.5. The van der Waals surface area contributed by atoms with Gasteiger partial charge in [0.25, 0.3) is 0 Å². The first-order valence-corrected chi connectivity index (χ1v) is 9.55. The van der Waals surface area contributed by atoms with Gasteiger partial charge in [-0.1, -0.05) is 34.6 Å². The molecule has 0 radical (unpaired) electrons. The largest absolute Gasteiger partial charge is 0.349 e. The average Bonchev–Trinajstić information content (AvgIpc) is 2.58. The molecule has 1 aliphatic rings. The zero-order valence-corrected chi connectivity index (χ0v) is 16.9. The van der Waals surface area contributed by atoms with Crippen molar-refractivity contribution >= 4 is 5.91 Å². The summed E-state index contributed by atoms with van der Waals surface area (Å²) >= 11 is 0. The van der Waals surface area contributed by atoms with Crippen LogP contribution >= 0.6 is 0 Å². The lowest BCUT2D eigenvalue weighted by Crippen LogP contribution is -2.37. The second kappa shape index (κ2) is 7.33. The Labute approximate surface area is 161 Å². The summed E-state index contributed by atoms with van der Waals surface area (Å²) in [5.74, 6) is 0.876. The molecule has 0 aromatic carbocycles. The van der Waals surface area contributed by atoms with Crippen LogP contribution in [0.3, 0.4) is 0 Å². The van der Waals surface area contributed by atoms with E-state index in [1.54, 1.807) is 18.6 Å². The number of rotatable bonds is 4. The van der Waals surface area contributed by atoms with Gasteiger partial charge in [0.15, 0.2) is 0 Å². The minimum absolute atomic E-state index is 0.0224. The van der Waals surface area contributed by atoms with Crippen LogP contribution in [0.15, 0.2) is 24.8 Å². The van der Waals surface area contributed by atoms with Crippen molar-refractivity contribution in [2.75, 3.05) is 0 Å². The van der Waals surface area contributed by atoms with Crippen LogP contribution in [0.2, 0.25) is 0 Å². The first kappa shape index (κ1) is 19.4. The van der Waals surface area contributed by atoms with E-state index < -0.39 is 0 Å². The molecule has 0 saturated heterocycles. The van der Waals surface area contributed by atoms with Crippen LogP contribution in [-0.2, 0) is 23.1 Å². The van der Waals surface area contributed by atoms with Gasteiger partial charge >= 0.3 is 0 Å². The SMILES string of the molecule is CC1(C)Cc2nc(C(C)(C)C)ncc2C(NC(=O)CCc2cnccn2)C1. The number of aromatic nitrogens is 4. The van der Waals surface area contributed by atoms with E-state index in [0.29, 0.717) is 12.8 Å². The van der Waals surface area contributed by atoms with Crippen molar-refractivity contribution in [3.05, 3.63) is 47.6 Å². The number of nitrogens with one attached hydrogen (secondary N) is 1. The van der Waals surface area contributed by atoms with Crippen LogP contribution in [0.1, 0.15) is 76.3 Å². The van der Waals surface area contributed by atoms with Crippen molar-refractivity contribution in [3.63, 3.8) is 0 Å². The standard InChI is InChI=1S/C21H29N5O/c1-20(2,3)19-24-13-15-16(10-21(4,5)11-17(15)26-19)25-18(27)7-6-14-12-22-8-9-23-14/h8-9,12-13,16H,6-7,10-11H2,1-5H3,(H,25,27). The van der Waals surface area contributed by atoms with E-state index in [4.69, 9.17) is 4.98 Å². The molecule has 2 heterocycles. The Kier molecular flexibility index (Phi) is 5.27. The third-order valence-corrected chi connectivity index (χ3v) is 4.91. The molecule has 6 heteroatoms. The van der Waals surface area contributed by atoms with Crippen molar-refractivity contribution in [2.45, 2.75) is 71.8 Å². The molecule has 0 aliphatic heterocycles. The van der Waals surface area contributed by atoms with Crippen LogP contribution in [0.5, 0.6) is 0 Å². The van der Waals surface area contributed by atoms with E-state index in [1.165, 1.54) is 0 Å². The molecule has 2 aromatic rings. The Balaban J connectivity index is 1.75. The van der Waals surface area contributed by atoms with Crippen LogP contribution < -0.4 is 5.32 Å². The number of carbonyl (C=O) groups is 1. The molecule has 1 aliphatic carbocycles. The molecule has 1 atom stereocenters. The summed E-state index contributed by atoms with van der Waals surface area (Å²) in [6.07, 6.45) is 9.66. The molecule has 1 N–H and O–H groups in total. The smallest absolute Gasteiger partial charge is 0.220 e. The highest BCUT2D eigenvalue weighted by Crippen LogP contribution is 2.40. The predicted octanol–water partition coefficient (Wildman–Crippen LogP) is 3.33. The molecule has 1 amide bonds. The van der Waals surface area contributed by atoms with Crippen molar-refractivity contribution in [3.8, 4) is 0 Å². The van der Waals surface area contributed by atoms with Crippen LogP contribution in [0.25, 0.3) is 0 Å². The molecule has 0 saturated carbocycles. The van der Waals surface area contributed by atoms with Gasteiger partial charge < -0.3 is 5.32 Å². The monoisotopic (exact) mass is 367 g/mol. The predicted molar refractivity (Wildman–Crippen MR) is 104 cm³/mol. The lowest BCUT2D eigenvalue weighted by molar-refractivity contribution is -0.122. The van der Waals surface area contributed by atoms with E-state index in [9.17, 15) is 4.79 Å². The minimum atomic E-state index is -0.0912. The van der Waals surface area contributed by atoms with Gasteiger partial charge in [-0.05, 0) is 24.7 Å². The quantitative estimate of drug-likeness (QED) is 0.896. The van der Waals surface area contributed by atoms with E-state index >= 15 is 0 Å². The summed E-state index contributed by atoms with van der Waals surface area (Å²) in [6.45, 7) is 10.8. The van der Waals surface area contributed by atoms with Gasteiger partial charge in [0.2, 0.25) is 5.91 Å². The summed E-state index contributed by atoms with van der Waals surface area (Å²) in [7, 11) is 0. The van der Waals surface area contributed by atoms with Gasteiger partial charge in [-0.3, -0.25) is 14.8 Å². The molecular formula is C21H29N5O. The highest BCUT2D eigenvalue weighted by molar-refractivity contribution is 5.76. The fraction of sp³-hybridized carbons (Fsp3) is 0.571. The van der Waals surface area contributed by atoms with Crippen molar-refractivity contribution in [1.82, 2.24) is 25.3 Å². The molecular weight excluding hydrogens is 338 g/mol. The molecule has 0 fully saturated rings. The number of hydrogen-bond donors (Lipinski definition) is 1. The van der Waals surface area contributed by atoms with Crippen molar-refractivity contribution in [1.29, 1.82) is 0 Å². The van der Waals surface area contributed by atoms with E-state index in [0.717, 1.165) is 35.6 Å². The van der Waals surface area contributed by atoms with E-state index in [1.807, 2.05) is 6.20 Å². The van der Waals surface area contributed by atoms with Crippen molar-refractivity contribution < 1.29 is 4.79 Å². The lowest BCUT2D eigenvalue weighted by Gasteiger charge is -2.37. The number of aryl methyl sites for hydroxylation is 1. The Morgan fingerprint density at radius 3 is 2.67 bits per heavy atom. The van der Waals surface area contributed by atoms with Gasteiger partial charge in [-0.25, -0.2) is 9.97 Å². The molecule has 2 aromatic heterocycles. The lowest BCUT2D eigenvalue weighted by atomic mass is 9.74. The van der Waals surface area contributed by atoms with E-state index in [2.05, 4.69) is 54.9 Å². The zero-order chi connectivity index (χ0) is 19.7. The number of hydrogen-bond acceptors (Lipinski definition) is 5. The van der Waals surface area contributed by atoms with Crippen LogP contribution in [0, 0.1) is 5.41 Å². The Bertz CT molecular complexity index is 811. The van der Waals surface area contributed by atoms with Gasteiger partial charge in [0.05, 0.1) is 11.7 Å². The number of fused-ring (bicyclic) bond motifs is 1. The highest BCUT2D eigenvalue weighted by Gasteiger charge is 2.35. The Morgan fingerprint density at radius 2 is 2.00 bits per heavy atom. The molecule has 0 spiro atoms. The van der Waals surface area contributed by atoms with Gasteiger partial charge in [0.1, 0.15) is 5.82 Å². The van der Waals surface area contributed by atoms with Gasteiger partial charge in [0, 0.05) is 47.9 Å². The zero-order valence-electron chi connectivity index (χ0n) is 16.9. The van der Waals surface area contributed by atoms with Crippen LogP contribution in [0.4, 0.5) is 0 Å². The summed E-state index contributed by atoms with van der Waals surface area (Å²) in [6, 6.07) is -0.0490. The normalized spacial score (nSPS) is 18.6. The maximum atomic E-state index is 12.5. The first-order valence-electron chi connectivity index (χ1n) is 9.55. The van der Waals surface area contributed by atoms with Crippen LogP contribution in [-0.4, -0.2) is 25.8 Å². The summed E-state index contributed by atoms with van der Waals surface area (Å²) in [4.78, 5) is 30.2. The number of amides is 1. The molecule has 27 heavy (non-hydrogen) atoms. The summed E-state index contributed by atoms with van der Waals surface area (Å²) in [5, 5.41) is 3.19. The van der Waals surface area contributed by atoms with E-state index in [-0.39, 0.29) is 22.8 Å². The van der Waals surface area contributed by atoms with Crippen molar-refractivity contribution in [2.24, 2.45) is 5.41 Å². The fourth-order valence-corrected chi connectivity index (χ4v) is 3.50. The highest BCUT2D eigenvalue weighted by atomic mass is 16.1. The second-order valence-corrected chi connectivity index (χ2v) is 9.21. The average molecular weight is 367 g/mol. The number of carbonyl (C=O) groups excluding carboxylic acids is 1. The minimum Gasteiger partial charge on any atom is -0.349 e. The Hall–Kier alpha value is -2.37. The number of nitrogens with zero attached hydrogens (tertiary/aromatic N) is 4. The molecule has 1 unspecified atom stereocenters. The fourth-order valence-electron chi connectivity index (χ4n) is 3.50. The van der Waals surface area contributed by atoms with Gasteiger partial charge in [-0.15, -0.1) is 0 Å². The molecule has 144 valence electrons. The Morgan fingerprint density at radius 1 is 1.22 bits per heavy atom. The summed E-state index contributed by atoms with van der Waals surface area (Å²) in [5.41, 5.74) is 2.93. The second-order valence-electron chi connectivity index (χ2n) is 9.21. The summed E-state index contributed by atoms with van der Waals surface area (Å²) < 4.78 is 0.